The van der Waals surface area contributed by atoms with Crippen LogP contribution in [0.5, 0.6) is 0 Å². The SMILES string of the molecule is Cc1n[nH]c(C)c1-c1cc(N)ccc1Cl.Cl.Cl. The monoisotopic (exact) mass is 293 g/mol. The van der Waals surface area contributed by atoms with E-state index in [4.69, 9.17) is 17.3 Å². The zero-order valence-corrected chi connectivity index (χ0v) is 11.8. The van der Waals surface area contributed by atoms with Gasteiger partial charge in [0.2, 0.25) is 0 Å². The van der Waals surface area contributed by atoms with Gasteiger partial charge in [-0.05, 0) is 32.0 Å². The lowest BCUT2D eigenvalue weighted by Gasteiger charge is -2.05. The highest BCUT2D eigenvalue weighted by Crippen LogP contribution is 2.33. The van der Waals surface area contributed by atoms with Crippen molar-refractivity contribution in [1.29, 1.82) is 0 Å². The number of nitrogens with one attached hydrogen (secondary N) is 1. The molecule has 2 aromatic rings. The normalized spacial score (nSPS) is 9.35. The van der Waals surface area contributed by atoms with Crippen LogP contribution in [0.15, 0.2) is 18.2 Å². The van der Waals surface area contributed by atoms with Gasteiger partial charge in [0.25, 0.3) is 0 Å². The van der Waals surface area contributed by atoms with Crippen LogP contribution in [0.1, 0.15) is 11.4 Å². The van der Waals surface area contributed by atoms with E-state index in [0.29, 0.717) is 10.7 Å². The number of nitrogen functional groups attached to an aromatic ring is 1. The maximum Gasteiger partial charge on any atom is 0.0672 e. The lowest BCUT2D eigenvalue weighted by atomic mass is 10.0. The molecule has 0 aliphatic heterocycles. The third kappa shape index (κ3) is 3.06. The highest BCUT2D eigenvalue weighted by Gasteiger charge is 2.12. The summed E-state index contributed by atoms with van der Waals surface area (Å²) in [4.78, 5) is 0. The van der Waals surface area contributed by atoms with E-state index in [0.717, 1.165) is 22.5 Å². The number of hydrogen-bond donors (Lipinski definition) is 2. The van der Waals surface area contributed by atoms with Crippen LogP contribution in [-0.4, -0.2) is 10.2 Å². The highest BCUT2D eigenvalue weighted by atomic mass is 35.5. The Kier molecular flexibility index (Phi) is 5.82. The summed E-state index contributed by atoms with van der Waals surface area (Å²) in [6, 6.07) is 5.46. The predicted molar refractivity (Wildman–Crippen MR) is 77.4 cm³/mol. The molecule has 0 spiro atoms. The van der Waals surface area contributed by atoms with Crippen molar-refractivity contribution in [3.8, 4) is 11.1 Å². The first kappa shape index (κ1) is 16.1. The maximum atomic E-state index is 6.13. The fraction of sp³-hybridized carbons (Fsp3) is 0.182. The molecule has 0 bridgehead atoms. The van der Waals surface area contributed by atoms with E-state index >= 15 is 0 Å². The smallest absolute Gasteiger partial charge is 0.0672 e. The van der Waals surface area contributed by atoms with Crippen LogP contribution in [0.2, 0.25) is 5.02 Å². The first-order valence-electron chi connectivity index (χ1n) is 4.66. The van der Waals surface area contributed by atoms with Crippen LogP contribution in [0.3, 0.4) is 0 Å². The third-order valence-electron chi connectivity index (χ3n) is 2.39. The van der Waals surface area contributed by atoms with Crippen molar-refractivity contribution >= 4 is 42.1 Å². The largest absolute Gasteiger partial charge is 0.399 e. The number of halogens is 3. The second-order valence-electron chi connectivity index (χ2n) is 3.55. The van der Waals surface area contributed by atoms with E-state index in [1.54, 1.807) is 12.1 Å². The molecule has 0 fully saturated rings. The second kappa shape index (κ2) is 6.15. The fourth-order valence-corrected chi connectivity index (χ4v) is 1.89. The molecule has 0 radical (unpaired) electrons. The first-order chi connectivity index (χ1) is 7.09. The zero-order valence-electron chi connectivity index (χ0n) is 9.45. The summed E-state index contributed by atoms with van der Waals surface area (Å²) >= 11 is 6.13. The van der Waals surface area contributed by atoms with Gasteiger partial charge in [-0.15, -0.1) is 24.8 Å². The van der Waals surface area contributed by atoms with Gasteiger partial charge in [-0.3, -0.25) is 5.10 Å². The minimum Gasteiger partial charge on any atom is -0.399 e. The second-order valence-corrected chi connectivity index (χ2v) is 3.96. The molecule has 0 saturated heterocycles. The molecule has 0 unspecified atom stereocenters. The van der Waals surface area contributed by atoms with Crippen molar-refractivity contribution in [2.45, 2.75) is 13.8 Å². The predicted octanol–water partition coefficient (Wildman–Crippen LogP) is 3.77. The molecule has 94 valence electrons. The number of rotatable bonds is 1. The van der Waals surface area contributed by atoms with Crippen LogP contribution in [-0.2, 0) is 0 Å². The van der Waals surface area contributed by atoms with Crippen LogP contribution in [0, 0.1) is 13.8 Å². The first-order valence-corrected chi connectivity index (χ1v) is 5.04. The van der Waals surface area contributed by atoms with Gasteiger partial charge >= 0.3 is 0 Å². The van der Waals surface area contributed by atoms with Crippen LogP contribution >= 0.6 is 36.4 Å². The van der Waals surface area contributed by atoms with E-state index in [1.165, 1.54) is 0 Å². The molecule has 3 nitrogen and oxygen atoms in total. The van der Waals surface area contributed by atoms with Gasteiger partial charge in [0.15, 0.2) is 0 Å². The molecule has 6 heteroatoms. The Balaban J connectivity index is 0.00000128. The van der Waals surface area contributed by atoms with E-state index in [2.05, 4.69) is 10.2 Å². The number of H-pyrrole nitrogens is 1. The Morgan fingerprint density at radius 2 is 1.88 bits per heavy atom. The van der Waals surface area contributed by atoms with Crippen molar-refractivity contribution in [3.63, 3.8) is 0 Å². The molecule has 1 aromatic heterocycles. The molecule has 0 atom stereocenters. The highest BCUT2D eigenvalue weighted by molar-refractivity contribution is 6.33. The number of hydrogen-bond acceptors (Lipinski definition) is 2. The standard InChI is InChI=1S/C11H12ClN3.2ClH/c1-6-11(7(2)15-14-6)9-5-8(13)3-4-10(9)12;;/h3-5H,13H2,1-2H3,(H,14,15);2*1H. The number of aromatic nitrogens is 2. The molecule has 0 aliphatic rings. The zero-order chi connectivity index (χ0) is 11.0. The summed E-state index contributed by atoms with van der Waals surface area (Å²) < 4.78 is 0. The average Bonchev–Trinajstić information content (AvgIpc) is 2.51. The Hall–Kier alpha value is -0.900. The van der Waals surface area contributed by atoms with Gasteiger partial charge in [0.1, 0.15) is 0 Å². The molecule has 1 aromatic carbocycles. The Morgan fingerprint density at radius 1 is 1.24 bits per heavy atom. The number of aromatic amines is 1. The fourth-order valence-electron chi connectivity index (χ4n) is 1.68. The topological polar surface area (TPSA) is 54.7 Å². The molecule has 17 heavy (non-hydrogen) atoms. The van der Waals surface area contributed by atoms with Crippen molar-refractivity contribution < 1.29 is 0 Å². The quantitative estimate of drug-likeness (QED) is 0.787. The van der Waals surface area contributed by atoms with E-state index < -0.39 is 0 Å². The van der Waals surface area contributed by atoms with E-state index in [9.17, 15) is 0 Å². The van der Waals surface area contributed by atoms with E-state index in [-0.39, 0.29) is 24.8 Å². The number of benzene rings is 1. The van der Waals surface area contributed by atoms with Crippen molar-refractivity contribution in [3.05, 3.63) is 34.6 Å². The number of nitrogens with zero attached hydrogens (tertiary/aromatic N) is 1. The summed E-state index contributed by atoms with van der Waals surface area (Å²) in [5, 5.41) is 7.76. The number of anilines is 1. The summed E-state index contributed by atoms with van der Waals surface area (Å²) in [5.74, 6) is 0. The molecule has 2 rings (SSSR count). The Labute approximate surface area is 118 Å². The van der Waals surface area contributed by atoms with Gasteiger partial charge < -0.3 is 5.73 Å². The summed E-state index contributed by atoms with van der Waals surface area (Å²) in [6.45, 7) is 3.91. The van der Waals surface area contributed by atoms with E-state index in [1.807, 2.05) is 19.9 Å². The van der Waals surface area contributed by atoms with Crippen LogP contribution in [0.4, 0.5) is 5.69 Å². The lowest BCUT2D eigenvalue weighted by Crippen LogP contribution is -1.88. The molecule has 1 heterocycles. The van der Waals surface area contributed by atoms with Crippen molar-refractivity contribution in [2.24, 2.45) is 0 Å². The lowest BCUT2D eigenvalue weighted by molar-refractivity contribution is 1.02. The number of aryl methyl sites for hydroxylation is 2. The third-order valence-corrected chi connectivity index (χ3v) is 2.72. The molecule has 0 saturated carbocycles. The molecule has 0 aliphatic carbocycles. The van der Waals surface area contributed by atoms with Crippen molar-refractivity contribution in [1.82, 2.24) is 10.2 Å². The Morgan fingerprint density at radius 3 is 2.41 bits per heavy atom. The van der Waals surface area contributed by atoms with Gasteiger partial charge in [-0.25, -0.2) is 0 Å². The molecule has 0 amide bonds. The average molecular weight is 295 g/mol. The van der Waals surface area contributed by atoms with Crippen LogP contribution in [0.25, 0.3) is 11.1 Å². The van der Waals surface area contributed by atoms with Gasteiger partial charge in [0, 0.05) is 27.5 Å². The number of nitrogens with two attached hydrogens (primary N) is 1. The summed E-state index contributed by atoms with van der Waals surface area (Å²) in [6.07, 6.45) is 0. The van der Waals surface area contributed by atoms with Gasteiger partial charge in [-0.2, -0.15) is 5.10 Å². The summed E-state index contributed by atoms with van der Waals surface area (Å²) in [7, 11) is 0. The van der Waals surface area contributed by atoms with Gasteiger partial charge in [-0.1, -0.05) is 11.6 Å². The molecular formula is C11H14Cl3N3. The van der Waals surface area contributed by atoms with Crippen LogP contribution < -0.4 is 5.73 Å². The Bertz CT molecular complexity index is 489. The van der Waals surface area contributed by atoms with Gasteiger partial charge in [0.05, 0.1) is 5.69 Å². The maximum absolute atomic E-state index is 6.13. The molecular weight excluding hydrogens is 281 g/mol. The minimum atomic E-state index is 0. The van der Waals surface area contributed by atoms with Crippen molar-refractivity contribution in [2.75, 3.05) is 5.73 Å². The summed E-state index contributed by atoms with van der Waals surface area (Å²) in [5.41, 5.74) is 10.3. The minimum absolute atomic E-state index is 0. The molecule has 3 N–H and O–H groups in total.